The van der Waals surface area contributed by atoms with Crippen molar-refractivity contribution in [1.82, 2.24) is 24.1 Å². The first-order valence-electron chi connectivity index (χ1n) is 15.4. The smallest absolute Gasteiger partial charge is 0.238 e. The van der Waals surface area contributed by atoms with Crippen molar-refractivity contribution in [3.05, 3.63) is 164 Å². The average molecular weight is 590 g/mol. The van der Waals surface area contributed by atoms with Crippen molar-refractivity contribution in [3.63, 3.8) is 0 Å². The van der Waals surface area contributed by atoms with Crippen molar-refractivity contribution in [1.29, 1.82) is 0 Å². The Bertz CT molecular complexity index is 2510. The molecule has 2 heterocycles. The molecule has 0 aliphatic heterocycles. The van der Waals surface area contributed by atoms with Gasteiger partial charge in [-0.05, 0) is 59.3 Å². The summed E-state index contributed by atoms with van der Waals surface area (Å²) in [6.07, 6.45) is 0. The van der Waals surface area contributed by atoms with Crippen molar-refractivity contribution < 1.29 is 0 Å². The van der Waals surface area contributed by atoms with Crippen LogP contribution in [0.5, 0.6) is 0 Å². The van der Waals surface area contributed by atoms with Gasteiger partial charge in [0.1, 0.15) is 0 Å². The Morgan fingerprint density at radius 2 is 0.848 bits per heavy atom. The van der Waals surface area contributed by atoms with Gasteiger partial charge in [-0.25, -0.2) is 4.98 Å². The summed E-state index contributed by atoms with van der Waals surface area (Å²) < 4.78 is 4.53. The number of aromatic nitrogens is 5. The zero-order chi connectivity index (χ0) is 30.5. The van der Waals surface area contributed by atoms with Crippen LogP contribution in [0.25, 0.3) is 78.0 Å². The third kappa shape index (κ3) is 4.37. The summed E-state index contributed by atoms with van der Waals surface area (Å²) in [5.74, 6) is 1.81. The third-order valence-corrected chi connectivity index (χ3v) is 8.59. The van der Waals surface area contributed by atoms with E-state index < -0.39 is 0 Å². The van der Waals surface area contributed by atoms with Gasteiger partial charge >= 0.3 is 0 Å². The molecule has 46 heavy (non-hydrogen) atoms. The second kappa shape index (κ2) is 10.7. The minimum absolute atomic E-state index is 0.558. The maximum atomic E-state index is 5.16. The number of hydrogen-bond acceptors (Lipinski definition) is 3. The molecule has 0 unspecified atom stereocenters. The van der Waals surface area contributed by atoms with Gasteiger partial charge in [-0.15, -0.1) is 0 Å². The van der Waals surface area contributed by atoms with Crippen LogP contribution in [-0.2, 0) is 0 Å². The Balaban J connectivity index is 1.47. The zero-order valence-corrected chi connectivity index (χ0v) is 24.8. The highest BCUT2D eigenvalue weighted by molar-refractivity contribution is 6.04. The van der Waals surface area contributed by atoms with Crippen LogP contribution in [0.1, 0.15) is 0 Å². The predicted molar refractivity (Wildman–Crippen MR) is 188 cm³/mol. The van der Waals surface area contributed by atoms with Gasteiger partial charge in [-0.2, -0.15) is 9.97 Å². The maximum Gasteiger partial charge on any atom is 0.238 e. The lowest BCUT2D eigenvalue weighted by Crippen LogP contribution is -2.08. The molecule has 7 aromatic carbocycles. The van der Waals surface area contributed by atoms with Gasteiger partial charge in [-0.3, -0.25) is 4.57 Å². The van der Waals surface area contributed by atoms with Gasteiger partial charge in [0.2, 0.25) is 5.95 Å². The van der Waals surface area contributed by atoms with Crippen LogP contribution in [0.4, 0.5) is 0 Å². The van der Waals surface area contributed by atoms with E-state index in [9.17, 15) is 0 Å². The van der Waals surface area contributed by atoms with E-state index in [4.69, 9.17) is 15.0 Å². The third-order valence-electron chi connectivity index (χ3n) is 8.59. The molecule has 2 aromatic heterocycles. The Hall–Kier alpha value is -6.33. The van der Waals surface area contributed by atoms with Crippen LogP contribution in [0, 0.1) is 0 Å². The summed E-state index contributed by atoms with van der Waals surface area (Å²) in [5.41, 5.74) is 7.12. The average Bonchev–Trinajstić information content (AvgIpc) is 3.13. The molecule has 5 heteroatoms. The first-order chi connectivity index (χ1) is 22.8. The van der Waals surface area contributed by atoms with Gasteiger partial charge in [0, 0.05) is 38.6 Å². The van der Waals surface area contributed by atoms with E-state index in [1.54, 1.807) is 0 Å². The molecular formula is C41H27N5. The van der Waals surface area contributed by atoms with Crippen molar-refractivity contribution in [2.24, 2.45) is 0 Å². The number of fused-ring (bicyclic) bond motifs is 2. The molecular weight excluding hydrogens is 562 g/mol. The van der Waals surface area contributed by atoms with Gasteiger partial charge in [0.05, 0.1) is 11.0 Å². The Morgan fingerprint density at radius 1 is 0.370 bits per heavy atom. The van der Waals surface area contributed by atoms with Gasteiger partial charge in [-0.1, -0.05) is 115 Å². The first-order valence-corrected chi connectivity index (χ1v) is 15.4. The summed E-state index contributed by atoms with van der Waals surface area (Å²) in [6, 6.07) is 57.1. The standard InChI is InChI=1S/C41H27N5/c1-4-12-30(13-5-1)39-42-40(31-14-6-2-7-15-31)44-41(43-39)46-34-25-23-28-16-10-20-37(35(28)27-34)45(32-18-8-3-9-19-32)33-24-22-29-17-11-21-38(46)36(29)26-33/h1-27H. The molecule has 0 spiro atoms. The molecule has 4 bridgehead atoms. The van der Waals surface area contributed by atoms with Crippen molar-refractivity contribution >= 4 is 43.6 Å². The molecule has 0 saturated heterocycles. The van der Waals surface area contributed by atoms with Crippen LogP contribution in [-0.4, -0.2) is 24.1 Å². The minimum atomic E-state index is 0.558. The van der Waals surface area contributed by atoms with Crippen LogP contribution < -0.4 is 0 Å². The molecule has 9 aromatic rings. The van der Waals surface area contributed by atoms with Crippen LogP contribution in [0.15, 0.2) is 164 Å². The lowest BCUT2D eigenvalue weighted by molar-refractivity contribution is 0.949. The van der Waals surface area contributed by atoms with Crippen molar-refractivity contribution in [2.45, 2.75) is 0 Å². The molecule has 5 nitrogen and oxygen atoms in total. The molecule has 216 valence electrons. The Kier molecular flexibility index (Phi) is 6.06. The second-order valence-corrected chi connectivity index (χ2v) is 11.4. The van der Waals surface area contributed by atoms with E-state index >= 15 is 0 Å². The summed E-state index contributed by atoms with van der Waals surface area (Å²) in [5, 5.41) is 4.52. The molecule has 9 rings (SSSR count). The number of hydrogen-bond donors (Lipinski definition) is 0. The SMILES string of the molecule is c1ccc(-c2nc(-c3ccccc3)nc(-n3c4ccc5cccc(c5c4)n(-c4ccccc4)c4ccc5cccc3c5c4)n2)cc1. The van der Waals surface area contributed by atoms with Crippen LogP contribution in [0.2, 0.25) is 0 Å². The number of para-hydroxylation sites is 1. The highest BCUT2D eigenvalue weighted by atomic mass is 15.2. The summed E-state index contributed by atoms with van der Waals surface area (Å²) >= 11 is 0. The number of rotatable bonds is 4. The van der Waals surface area contributed by atoms with E-state index in [1.165, 1.54) is 0 Å². The number of nitrogens with zero attached hydrogens (tertiary/aromatic N) is 5. The van der Waals surface area contributed by atoms with E-state index in [-0.39, 0.29) is 0 Å². The Labute approximate surface area is 265 Å². The first kappa shape index (κ1) is 26.1. The molecule has 0 saturated carbocycles. The summed E-state index contributed by atoms with van der Waals surface area (Å²) in [7, 11) is 0. The zero-order valence-electron chi connectivity index (χ0n) is 24.8. The van der Waals surface area contributed by atoms with E-state index in [2.05, 4.69) is 112 Å². The van der Waals surface area contributed by atoms with Crippen molar-refractivity contribution in [2.75, 3.05) is 0 Å². The largest absolute Gasteiger partial charge is 0.310 e. The molecule has 0 aliphatic carbocycles. The summed E-state index contributed by atoms with van der Waals surface area (Å²) in [6.45, 7) is 0. The van der Waals surface area contributed by atoms with Crippen LogP contribution >= 0.6 is 0 Å². The second-order valence-electron chi connectivity index (χ2n) is 11.4. The number of benzene rings is 7. The van der Waals surface area contributed by atoms with Gasteiger partial charge in [0.15, 0.2) is 11.6 Å². The maximum absolute atomic E-state index is 5.16. The molecule has 0 atom stereocenters. The lowest BCUT2D eigenvalue weighted by atomic mass is 10.1. The Morgan fingerprint density at radius 3 is 1.39 bits per heavy atom. The highest BCUT2D eigenvalue weighted by Gasteiger charge is 2.16. The van der Waals surface area contributed by atoms with E-state index in [1.807, 2.05) is 60.7 Å². The van der Waals surface area contributed by atoms with Crippen molar-refractivity contribution in [3.8, 4) is 34.4 Å². The monoisotopic (exact) mass is 589 g/mol. The fraction of sp³-hybridized carbons (Fsp3) is 0. The quantitative estimate of drug-likeness (QED) is 0.205. The van der Waals surface area contributed by atoms with Gasteiger partial charge < -0.3 is 4.57 Å². The van der Waals surface area contributed by atoms with Crippen LogP contribution in [0.3, 0.4) is 0 Å². The molecule has 0 aliphatic rings. The van der Waals surface area contributed by atoms with E-state index in [0.29, 0.717) is 17.6 Å². The molecule has 0 radical (unpaired) electrons. The molecule has 0 N–H and O–H groups in total. The normalized spacial score (nSPS) is 11.5. The topological polar surface area (TPSA) is 48.5 Å². The molecule has 0 amide bonds. The summed E-state index contributed by atoms with van der Waals surface area (Å²) in [4.78, 5) is 15.3. The minimum Gasteiger partial charge on any atom is -0.310 e. The predicted octanol–water partition coefficient (Wildman–Crippen LogP) is 9.96. The van der Waals surface area contributed by atoms with Gasteiger partial charge in [0.25, 0.3) is 0 Å². The fourth-order valence-electron chi connectivity index (χ4n) is 6.42. The lowest BCUT2D eigenvalue weighted by Gasteiger charge is -2.18. The van der Waals surface area contributed by atoms with E-state index in [0.717, 1.165) is 60.4 Å². The fourth-order valence-corrected chi connectivity index (χ4v) is 6.42. The highest BCUT2D eigenvalue weighted by Crippen LogP contribution is 2.32. The molecule has 0 fully saturated rings.